The summed E-state index contributed by atoms with van der Waals surface area (Å²) >= 11 is 0. The average molecular weight is 355 g/mol. The third kappa shape index (κ3) is 4.99. The van der Waals surface area contributed by atoms with Gasteiger partial charge in [0.25, 0.3) is 0 Å². The molecule has 0 aliphatic rings. The van der Waals surface area contributed by atoms with Gasteiger partial charge in [0.2, 0.25) is 11.7 Å². The summed E-state index contributed by atoms with van der Waals surface area (Å²) in [5.74, 6) is 1.31. The van der Waals surface area contributed by atoms with Crippen LogP contribution in [0.15, 0.2) is 24.8 Å². The number of benzene rings is 1. The molecule has 0 saturated heterocycles. The zero-order valence-electron chi connectivity index (χ0n) is 14.8. The molecular weight excluding hydrogens is 330 g/mol. The van der Waals surface area contributed by atoms with E-state index in [1.807, 2.05) is 6.92 Å². The highest BCUT2D eigenvalue weighted by molar-refractivity contribution is 7.84. The smallest absolute Gasteiger partial charge is 0.246 e. The summed E-state index contributed by atoms with van der Waals surface area (Å²) in [6.45, 7) is 6.06. The highest BCUT2D eigenvalue weighted by Crippen LogP contribution is 2.38. The molecule has 0 aliphatic heterocycles. The molecule has 0 N–H and O–H groups in total. The molecule has 7 heteroatoms. The molecule has 2 atom stereocenters. The molecule has 2 unspecified atom stereocenters. The maximum Gasteiger partial charge on any atom is 0.246 e. The van der Waals surface area contributed by atoms with Crippen molar-refractivity contribution in [1.82, 2.24) is 4.90 Å². The van der Waals surface area contributed by atoms with E-state index in [-0.39, 0.29) is 11.2 Å². The zero-order valence-corrected chi connectivity index (χ0v) is 15.6. The third-order valence-corrected chi connectivity index (χ3v) is 4.91. The van der Waals surface area contributed by atoms with Gasteiger partial charge in [-0.05, 0) is 30.7 Å². The van der Waals surface area contributed by atoms with Gasteiger partial charge in [0.1, 0.15) is 0 Å². The van der Waals surface area contributed by atoms with Crippen molar-refractivity contribution in [2.45, 2.75) is 18.7 Å². The Morgan fingerprint density at radius 3 is 2.17 bits per heavy atom. The quantitative estimate of drug-likeness (QED) is 0.634. The van der Waals surface area contributed by atoms with Gasteiger partial charge in [-0.25, -0.2) is 0 Å². The van der Waals surface area contributed by atoms with Crippen molar-refractivity contribution >= 4 is 16.7 Å². The average Bonchev–Trinajstić information content (AvgIpc) is 2.58. The molecule has 0 bridgehead atoms. The molecule has 1 aromatic carbocycles. The van der Waals surface area contributed by atoms with E-state index in [4.69, 9.17) is 14.2 Å². The number of hydrogen-bond donors (Lipinski definition) is 0. The fourth-order valence-corrected chi connectivity index (χ4v) is 2.61. The molecule has 24 heavy (non-hydrogen) atoms. The number of rotatable bonds is 9. The van der Waals surface area contributed by atoms with Gasteiger partial charge in [-0.3, -0.25) is 9.00 Å². The number of hydrogen-bond acceptors (Lipinski definition) is 5. The van der Waals surface area contributed by atoms with Gasteiger partial charge in [0, 0.05) is 35.4 Å². The topological polar surface area (TPSA) is 65.1 Å². The fraction of sp³-hybridized carbons (Fsp3) is 0.471. The van der Waals surface area contributed by atoms with Crippen LogP contribution in [0.2, 0.25) is 0 Å². The van der Waals surface area contributed by atoms with E-state index < -0.39 is 10.8 Å². The predicted octanol–water partition coefficient (Wildman–Crippen LogP) is 1.99. The van der Waals surface area contributed by atoms with Crippen molar-refractivity contribution in [3.05, 3.63) is 30.4 Å². The number of carbonyl (C=O) groups is 1. The molecule has 0 saturated carbocycles. The van der Waals surface area contributed by atoms with Crippen LogP contribution in [0.4, 0.5) is 0 Å². The lowest BCUT2D eigenvalue weighted by Gasteiger charge is -2.25. The van der Waals surface area contributed by atoms with E-state index in [1.165, 1.54) is 27.4 Å². The van der Waals surface area contributed by atoms with E-state index in [1.54, 1.807) is 23.3 Å². The summed E-state index contributed by atoms with van der Waals surface area (Å²) in [5, 5.41) is -0.143. The Kier molecular flexibility index (Phi) is 7.78. The zero-order chi connectivity index (χ0) is 18.3. The number of amides is 1. The third-order valence-electron chi connectivity index (χ3n) is 3.63. The van der Waals surface area contributed by atoms with Crippen molar-refractivity contribution in [3.63, 3.8) is 0 Å². The lowest BCUT2D eigenvalue weighted by molar-refractivity contribution is -0.126. The molecule has 6 nitrogen and oxygen atoms in total. The molecule has 134 valence electrons. The Labute approximate surface area is 145 Å². The second-order valence-corrected chi connectivity index (χ2v) is 7.07. The van der Waals surface area contributed by atoms with Crippen LogP contribution in [0.3, 0.4) is 0 Å². The predicted molar refractivity (Wildman–Crippen MR) is 95.2 cm³/mol. The van der Waals surface area contributed by atoms with Crippen LogP contribution in [-0.2, 0) is 22.1 Å². The molecule has 0 aromatic heterocycles. The number of ether oxygens (including phenoxy) is 3. The van der Waals surface area contributed by atoms with Gasteiger partial charge in [-0.15, -0.1) is 0 Å². The van der Waals surface area contributed by atoms with Gasteiger partial charge < -0.3 is 19.1 Å². The van der Waals surface area contributed by atoms with Gasteiger partial charge in [-0.1, -0.05) is 6.58 Å². The highest BCUT2D eigenvalue weighted by Gasteiger charge is 2.19. The molecule has 0 fully saturated rings. The largest absolute Gasteiger partial charge is 0.493 e. The Balaban J connectivity index is 3.15. The van der Waals surface area contributed by atoms with Crippen LogP contribution < -0.4 is 14.2 Å². The Hall–Kier alpha value is -2.02. The molecule has 1 aromatic rings. The number of methoxy groups -OCH3 is 3. The van der Waals surface area contributed by atoms with Crippen molar-refractivity contribution in [2.75, 3.05) is 34.1 Å². The fourth-order valence-electron chi connectivity index (χ4n) is 2.22. The first-order chi connectivity index (χ1) is 11.4. The minimum atomic E-state index is -1.02. The van der Waals surface area contributed by atoms with Crippen LogP contribution in [0, 0.1) is 0 Å². The summed E-state index contributed by atoms with van der Waals surface area (Å²) in [4.78, 5) is 13.7. The monoisotopic (exact) mass is 355 g/mol. The lowest BCUT2D eigenvalue weighted by atomic mass is 10.1. The van der Waals surface area contributed by atoms with E-state index in [2.05, 4.69) is 6.58 Å². The number of carbonyl (C=O) groups excluding carboxylic acids is 1. The standard InChI is InChI=1S/C17H25NO5S/c1-7-16(19)18(10-12(2)24(6)20)11-13-8-14(21-3)17(23-5)15(9-13)22-4/h7-9,12H,1,10-11H2,2-6H3. The van der Waals surface area contributed by atoms with Gasteiger partial charge >= 0.3 is 0 Å². The van der Waals surface area contributed by atoms with Crippen LogP contribution in [0.1, 0.15) is 12.5 Å². The van der Waals surface area contributed by atoms with Crippen molar-refractivity contribution in [3.8, 4) is 17.2 Å². The summed E-state index contributed by atoms with van der Waals surface area (Å²) < 4.78 is 27.6. The molecule has 0 heterocycles. The molecule has 0 aliphatic carbocycles. The van der Waals surface area contributed by atoms with E-state index >= 15 is 0 Å². The minimum Gasteiger partial charge on any atom is -0.493 e. The summed E-state index contributed by atoms with van der Waals surface area (Å²) in [7, 11) is 3.59. The van der Waals surface area contributed by atoms with Gasteiger partial charge in [0.15, 0.2) is 11.5 Å². The maximum absolute atomic E-state index is 12.1. The molecule has 0 spiro atoms. The van der Waals surface area contributed by atoms with Crippen LogP contribution in [0.5, 0.6) is 17.2 Å². The first-order valence-corrected chi connectivity index (χ1v) is 9.02. The van der Waals surface area contributed by atoms with Gasteiger partial charge in [0.05, 0.1) is 21.3 Å². The second-order valence-electron chi connectivity index (χ2n) is 5.27. The first-order valence-electron chi connectivity index (χ1n) is 7.40. The summed E-state index contributed by atoms with van der Waals surface area (Å²) in [6.07, 6.45) is 2.88. The van der Waals surface area contributed by atoms with Crippen LogP contribution >= 0.6 is 0 Å². The first kappa shape index (κ1) is 20.0. The Morgan fingerprint density at radius 1 is 1.25 bits per heavy atom. The van der Waals surface area contributed by atoms with Crippen LogP contribution in [-0.4, -0.2) is 54.4 Å². The number of nitrogens with zero attached hydrogens (tertiary/aromatic N) is 1. The van der Waals surface area contributed by atoms with E-state index in [0.29, 0.717) is 30.3 Å². The van der Waals surface area contributed by atoms with Crippen molar-refractivity contribution in [2.24, 2.45) is 0 Å². The second kappa shape index (κ2) is 9.32. The molecule has 0 radical (unpaired) electrons. The SMILES string of the molecule is C=CC(=O)N(Cc1cc(OC)c(OC)c(OC)c1)CC(C)S(C)=O. The van der Waals surface area contributed by atoms with Crippen molar-refractivity contribution in [1.29, 1.82) is 0 Å². The Bertz CT molecular complexity index is 592. The Morgan fingerprint density at radius 2 is 1.79 bits per heavy atom. The van der Waals surface area contributed by atoms with Crippen molar-refractivity contribution < 1.29 is 23.2 Å². The maximum atomic E-state index is 12.1. The molecule has 1 amide bonds. The van der Waals surface area contributed by atoms with E-state index in [9.17, 15) is 9.00 Å². The lowest BCUT2D eigenvalue weighted by Crippen LogP contribution is -2.36. The minimum absolute atomic E-state index is 0.143. The highest BCUT2D eigenvalue weighted by atomic mass is 32.2. The van der Waals surface area contributed by atoms with Crippen LogP contribution in [0.25, 0.3) is 0 Å². The molecule has 1 rings (SSSR count). The summed E-state index contributed by atoms with van der Waals surface area (Å²) in [5.41, 5.74) is 0.814. The summed E-state index contributed by atoms with van der Waals surface area (Å²) in [6, 6.07) is 3.58. The molecular formula is C17H25NO5S. The van der Waals surface area contributed by atoms with Gasteiger partial charge in [-0.2, -0.15) is 0 Å². The normalized spacial score (nSPS) is 12.9. The van der Waals surface area contributed by atoms with E-state index in [0.717, 1.165) is 5.56 Å².